The second kappa shape index (κ2) is 6.89. The van der Waals surface area contributed by atoms with Gasteiger partial charge in [-0.3, -0.25) is 4.79 Å². The molecule has 1 aromatic heterocycles. The Morgan fingerprint density at radius 1 is 1.22 bits per heavy atom. The number of benzene rings is 2. The van der Waals surface area contributed by atoms with Crippen molar-refractivity contribution in [3.63, 3.8) is 0 Å². The molecule has 0 fully saturated rings. The Hall–Kier alpha value is -2.25. The van der Waals surface area contributed by atoms with Crippen LogP contribution in [0.1, 0.15) is 10.4 Å². The van der Waals surface area contributed by atoms with Crippen molar-refractivity contribution in [2.45, 2.75) is 5.16 Å². The van der Waals surface area contributed by atoms with E-state index in [0.29, 0.717) is 21.4 Å². The molecular weight excluding hydrogens is 339 g/mol. The molecule has 0 N–H and O–H groups in total. The van der Waals surface area contributed by atoms with Crippen molar-refractivity contribution >= 4 is 29.1 Å². The number of carbonyl (C=O) groups excluding carboxylic acids is 1. The van der Waals surface area contributed by atoms with Crippen LogP contribution in [0.2, 0.25) is 5.02 Å². The molecule has 0 saturated heterocycles. The summed E-state index contributed by atoms with van der Waals surface area (Å²) in [6.07, 6.45) is 0. The van der Waals surface area contributed by atoms with E-state index in [1.807, 2.05) is 0 Å². The fourth-order valence-electron chi connectivity index (χ4n) is 1.89. The van der Waals surface area contributed by atoms with Crippen LogP contribution >= 0.6 is 23.4 Å². The lowest BCUT2D eigenvalue weighted by Gasteiger charge is -2.04. The van der Waals surface area contributed by atoms with Gasteiger partial charge in [0.25, 0.3) is 0 Å². The third-order valence-corrected chi connectivity index (χ3v) is 4.16. The van der Waals surface area contributed by atoms with Crippen LogP contribution in [0.15, 0.2) is 53.7 Å². The van der Waals surface area contributed by atoms with Gasteiger partial charge in [0.15, 0.2) is 5.78 Å². The molecule has 0 atom stereocenters. The summed E-state index contributed by atoms with van der Waals surface area (Å²) in [6, 6.07) is 12.6. The number of Topliss-reactive ketones (excluding diaryl/α,β-unsaturated/α-hetero) is 1. The van der Waals surface area contributed by atoms with Gasteiger partial charge in [-0.05, 0) is 52.9 Å². The SMILES string of the molecule is O=C(CSc1nnnn1-c1cccc(F)c1)c1ccc(Cl)cc1. The van der Waals surface area contributed by atoms with Crippen molar-refractivity contribution in [1.29, 1.82) is 0 Å². The molecule has 0 spiro atoms. The Morgan fingerprint density at radius 3 is 2.74 bits per heavy atom. The summed E-state index contributed by atoms with van der Waals surface area (Å²) in [5.74, 6) is -0.288. The fourth-order valence-corrected chi connectivity index (χ4v) is 2.80. The molecule has 5 nitrogen and oxygen atoms in total. The molecule has 3 aromatic rings. The van der Waals surface area contributed by atoms with Crippen molar-refractivity contribution in [2.75, 3.05) is 5.75 Å². The zero-order chi connectivity index (χ0) is 16.2. The fraction of sp³-hybridized carbons (Fsp3) is 0.0667. The Bertz CT molecular complexity index is 838. The average Bonchev–Trinajstić information content (AvgIpc) is 3.02. The van der Waals surface area contributed by atoms with Gasteiger partial charge in [0.05, 0.1) is 11.4 Å². The number of halogens is 2. The van der Waals surface area contributed by atoms with Crippen molar-refractivity contribution in [1.82, 2.24) is 20.2 Å². The quantitative estimate of drug-likeness (QED) is 0.522. The first-order chi connectivity index (χ1) is 11.1. The maximum absolute atomic E-state index is 13.3. The van der Waals surface area contributed by atoms with E-state index in [9.17, 15) is 9.18 Å². The molecule has 0 unspecified atom stereocenters. The molecule has 1 heterocycles. The number of carbonyl (C=O) groups is 1. The van der Waals surface area contributed by atoms with Gasteiger partial charge < -0.3 is 0 Å². The number of nitrogens with zero attached hydrogens (tertiary/aromatic N) is 4. The van der Waals surface area contributed by atoms with E-state index in [1.165, 1.54) is 28.6 Å². The third-order valence-electron chi connectivity index (χ3n) is 2.99. The molecule has 0 amide bonds. The number of hydrogen-bond donors (Lipinski definition) is 0. The summed E-state index contributed by atoms with van der Waals surface area (Å²) < 4.78 is 14.7. The molecule has 0 aliphatic heterocycles. The van der Waals surface area contributed by atoms with Crippen LogP contribution in [-0.4, -0.2) is 31.7 Å². The van der Waals surface area contributed by atoms with Crippen LogP contribution in [0.25, 0.3) is 5.69 Å². The number of thioether (sulfide) groups is 1. The number of rotatable bonds is 5. The van der Waals surface area contributed by atoms with Crippen molar-refractivity contribution in [3.05, 3.63) is 64.9 Å². The Kier molecular flexibility index (Phi) is 4.68. The van der Waals surface area contributed by atoms with E-state index in [-0.39, 0.29) is 17.4 Å². The molecule has 0 aliphatic rings. The maximum Gasteiger partial charge on any atom is 0.214 e. The lowest BCUT2D eigenvalue weighted by atomic mass is 10.1. The van der Waals surface area contributed by atoms with Crippen LogP contribution in [0.5, 0.6) is 0 Å². The second-order valence-electron chi connectivity index (χ2n) is 4.57. The molecule has 2 aromatic carbocycles. The molecule has 8 heteroatoms. The van der Waals surface area contributed by atoms with Crippen molar-refractivity contribution in [3.8, 4) is 5.69 Å². The summed E-state index contributed by atoms with van der Waals surface area (Å²) in [5.41, 5.74) is 1.06. The minimum absolute atomic E-state index is 0.0690. The summed E-state index contributed by atoms with van der Waals surface area (Å²) in [5, 5.41) is 12.3. The number of ketones is 1. The Morgan fingerprint density at radius 2 is 2.00 bits per heavy atom. The maximum atomic E-state index is 13.3. The monoisotopic (exact) mass is 348 g/mol. The summed E-state index contributed by atoms with van der Waals surface area (Å²) in [6.45, 7) is 0. The predicted octanol–water partition coefficient (Wildman–Crippen LogP) is 3.43. The first-order valence-corrected chi connectivity index (χ1v) is 7.96. The van der Waals surface area contributed by atoms with Gasteiger partial charge in [-0.25, -0.2) is 4.39 Å². The first kappa shape index (κ1) is 15.6. The lowest BCUT2D eigenvalue weighted by Crippen LogP contribution is -2.05. The van der Waals surface area contributed by atoms with Gasteiger partial charge >= 0.3 is 0 Å². The van der Waals surface area contributed by atoms with Crippen LogP contribution < -0.4 is 0 Å². The second-order valence-corrected chi connectivity index (χ2v) is 5.95. The smallest absolute Gasteiger partial charge is 0.214 e. The van der Waals surface area contributed by atoms with Gasteiger partial charge in [-0.15, -0.1) is 5.10 Å². The van der Waals surface area contributed by atoms with Crippen LogP contribution in [-0.2, 0) is 0 Å². The minimum Gasteiger partial charge on any atom is -0.293 e. The summed E-state index contributed by atoms with van der Waals surface area (Å²) >= 11 is 6.98. The Balaban J connectivity index is 1.73. The molecule has 0 radical (unpaired) electrons. The third kappa shape index (κ3) is 3.75. The van der Waals surface area contributed by atoms with E-state index >= 15 is 0 Å². The molecule has 0 saturated carbocycles. The largest absolute Gasteiger partial charge is 0.293 e. The lowest BCUT2D eigenvalue weighted by molar-refractivity contribution is 0.102. The molecule has 116 valence electrons. The van der Waals surface area contributed by atoms with E-state index < -0.39 is 0 Å². The zero-order valence-corrected chi connectivity index (χ0v) is 13.3. The number of aromatic nitrogens is 4. The van der Waals surface area contributed by atoms with Gasteiger partial charge in [-0.1, -0.05) is 29.4 Å². The van der Waals surface area contributed by atoms with E-state index in [1.54, 1.807) is 36.4 Å². The number of tetrazole rings is 1. The van der Waals surface area contributed by atoms with Crippen LogP contribution in [0, 0.1) is 5.82 Å². The zero-order valence-electron chi connectivity index (χ0n) is 11.7. The number of hydrogen-bond acceptors (Lipinski definition) is 5. The highest BCUT2D eigenvalue weighted by molar-refractivity contribution is 7.99. The minimum atomic E-state index is -0.383. The topological polar surface area (TPSA) is 60.7 Å². The van der Waals surface area contributed by atoms with Gasteiger partial charge in [0.1, 0.15) is 5.82 Å². The highest BCUT2D eigenvalue weighted by Gasteiger charge is 2.13. The van der Waals surface area contributed by atoms with E-state index in [0.717, 1.165) is 0 Å². The standard InChI is InChI=1S/C15H10ClFN4OS/c16-11-6-4-10(5-7-11)14(22)9-23-15-18-19-20-21(15)13-3-1-2-12(17)8-13/h1-8H,9H2. The average molecular weight is 349 g/mol. The van der Waals surface area contributed by atoms with Gasteiger partial charge in [0, 0.05) is 10.6 Å². The normalized spacial score (nSPS) is 10.7. The Labute approximate surface area is 140 Å². The summed E-state index contributed by atoms with van der Waals surface area (Å²) in [7, 11) is 0. The van der Waals surface area contributed by atoms with Gasteiger partial charge in [0.2, 0.25) is 5.16 Å². The molecule has 0 bridgehead atoms. The highest BCUT2D eigenvalue weighted by Crippen LogP contribution is 2.20. The van der Waals surface area contributed by atoms with Crippen molar-refractivity contribution in [2.24, 2.45) is 0 Å². The summed E-state index contributed by atoms with van der Waals surface area (Å²) in [4.78, 5) is 12.2. The molecule has 3 rings (SSSR count). The first-order valence-electron chi connectivity index (χ1n) is 6.59. The van der Waals surface area contributed by atoms with Crippen LogP contribution in [0.4, 0.5) is 4.39 Å². The predicted molar refractivity (Wildman–Crippen MR) is 85.6 cm³/mol. The highest BCUT2D eigenvalue weighted by atomic mass is 35.5. The molecular formula is C15H10ClFN4OS. The van der Waals surface area contributed by atoms with Crippen LogP contribution in [0.3, 0.4) is 0 Å². The molecule has 0 aliphatic carbocycles. The van der Waals surface area contributed by atoms with E-state index in [4.69, 9.17) is 11.6 Å². The van der Waals surface area contributed by atoms with E-state index in [2.05, 4.69) is 15.5 Å². The van der Waals surface area contributed by atoms with Crippen molar-refractivity contribution < 1.29 is 9.18 Å². The molecule has 23 heavy (non-hydrogen) atoms. The van der Waals surface area contributed by atoms with Gasteiger partial charge in [-0.2, -0.15) is 4.68 Å².